The summed E-state index contributed by atoms with van der Waals surface area (Å²) >= 11 is 0. The van der Waals surface area contributed by atoms with E-state index < -0.39 is 0 Å². The molecule has 7 nitrogen and oxygen atoms in total. The first kappa shape index (κ1) is 15.2. The highest BCUT2D eigenvalue weighted by molar-refractivity contribution is 5.50. The summed E-state index contributed by atoms with van der Waals surface area (Å²) in [5, 5.41) is 20.1. The summed E-state index contributed by atoms with van der Waals surface area (Å²) in [6.45, 7) is 6.69. The Hall–Kier alpha value is -2.20. The topological polar surface area (TPSA) is 86.3 Å². The number of aryl methyl sites for hydroxylation is 1. The summed E-state index contributed by atoms with van der Waals surface area (Å²) < 4.78 is 0. The molecule has 0 spiro atoms. The van der Waals surface area contributed by atoms with Crippen LogP contribution in [0.25, 0.3) is 0 Å². The molecule has 0 amide bonds. The summed E-state index contributed by atoms with van der Waals surface area (Å²) in [6.07, 6.45) is 2.36. The van der Waals surface area contributed by atoms with Crippen LogP contribution in [-0.4, -0.2) is 47.0 Å². The number of piperazine rings is 1. The lowest BCUT2D eigenvalue weighted by Gasteiger charge is -2.37. The Labute approximate surface area is 123 Å². The largest absolute Gasteiger partial charge is 0.354 e. The average molecular weight is 289 g/mol. The Morgan fingerprint density at radius 2 is 2.14 bits per heavy atom. The first-order chi connectivity index (χ1) is 10.1. The molecule has 1 aliphatic heterocycles. The van der Waals surface area contributed by atoms with Crippen molar-refractivity contribution in [3.05, 3.63) is 27.9 Å². The quantitative estimate of drug-likeness (QED) is 0.619. The molecule has 1 fully saturated rings. The zero-order chi connectivity index (χ0) is 15.4. The van der Waals surface area contributed by atoms with Crippen molar-refractivity contribution >= 4 is 11.5 Å². The fourth-order valence-corrected chi connectivity index (χ4v) is 2.57. The Morgan fingerprint density at radius 1 is 1.48 bits per heavy atom. The predicted molar refractivity (Wildman–Crippen MR) is 79.1 cm³/mol. The molecule has 0 aliphatic carbocycles. The highest BCUT2D eigenvalue weighted by Gasteiger charge is 2.24. The van der Waals surface area contributed by atoms with E-state index in [4.69, 9.17) is 5.26 Å². The van der Waals surface area contributed by atoms with Gasteiger partial charge in [-0.15, -0.1) is 0 Å². The zero-order valence-corrected chi connectivity index (χ0v) is 12.3. The van der Waals surface area contributed by atoms with E-state index in [1.54, 1.807) is 13.1 Å². The molecule has 1 atom stereocenters. The minimum Gasteiger partial charge on any atom is -0.354 e. The molecular formula is C14H19N5O2. The number of hydrogen-bond donors (Lipinski definition) is 0. The molecule has 0 saturated carbocycles. The van der Waals surface area contributed by atoms with Crippen LogP contribution < -0.4 is 4.90 Å². The Balaban J connectivity index is 2.08. The van der Waals surface area contributed by atoms with Crippen molar-refractivity contribution in [1.82, 2.24) is 9.88 Å². The lowest BCUT2D eigenvalue weighted by molar-refractivity contribution is -0.385. The smallest absolute Gasteiger partial charge is 0.277 e. The van der Waals surface area contributed by atoms with Crippen LogP contribution in [0.1, 0.15) is 18.9 Å². The first-order valence-corrected chi connectivity index (χ1v) is 7.06. The van der Waals surface area contributed by atoms with Gasteiger partial charge >= 0.3 is 0 Å². The van der Waals surface area contributed by atoms with Gasteiger partial charge in [-0.1, -0.05) is 6.92 Å². The zero-order valence-electron chi connectivity index (χ0n) is 12.3. The SMILES string of the molecule is CCC(C#N)N1CCN(c2cc([N+](=O)[O-])c(C)cn2)CC1. The molecule has 1 saturated heterocycles. The second-order valence-corrected chi connectivity index (χ2v) is 5.16. The molecule has 0 N–H and O–H groups in total. The third-order valence-corrected chi connectivity index (χ3v) is 3.87. The normalized spacial score (nSPS) is 17.3. The van der Waals surface area contributed by atoms with Gasteiger partial charge in [-0.05, 0) is 13.3 Å². The molecule has 2 heterocycles. The van der Waals surface area contributed by atoms with Crippen molar-refractivity contribution in [3.8, 4) is 6.07 Å². The fraction of sp³-hybridized carbons (Fsp3) is 0.571. The van der Waals surface area contributed by atoms with Crippen LogP contribution in [0.3, 0.4) is 0 Å². The molecular weight excluding hydrogens is 270 g/mol. The maximum Gasteiger partial charge on any atom is 0.277 e. The monoisotopic (exact) mass is 289 g/mol. The first-order valence-electron chi connectivity index (χ1n) is 7.06. The van der Waals surface area contributed by atoms with Crippen molar-refractivity contribution < 1.29 is 4.92 Å². The number of nitrogens with zero attached hydrogens (tertiary/aromatic N) is 5. The van der Waals surface area contributed by atoms with E-state index in [1.807, 2.05) is 11.8 Å². The number of pyridine rings is 1. The molecule has 1 aliphatic rings. The molecule has 0 aromatic carbocycles. The molecule has 2 rings (SSSR count). The van der Waals surface area contributed by atoms with E-state index >= 15 is 0 Å². The number of anilines is 1. The van der Waals surface area contributed by atoms with Gasteiger partial charge in [0.2, 0.25) is 0 Å². The standard InChI is InChI=1S/C14H19N5O2/c1-3-12(9-15)17-4-6-18(7-5-17)14-8-13(19(20)21)11(2)10-16-14/h8,10,12H,3-7H2,1-2H3. The van der Waals surface area contributed by atoms with Crippen LogP contribution in [0, 0.1) is 28.4 Å². The summed E-state index contributed by atoms with van der Waals surface area (Å²) in [4.78, 5) is 19.1. The predicted octanol–water partition coefficient (Wildman–Crippen LogP) is 1.72. The molecule has 112 valence electrons. The van der Waals surface area contributed by atoms with Gasteiger partial charge in [0.05, 0.1) is 23.1 Å². The van der Waals surface area contributed by atoms with E-state index in [0.717, 1.165) is 32.6 Å². The number of hydrogen-bond acceptors (Lipinski definition) is 6. The number of nitriles is 1. The lowest BCUT2D eigenvalue weighted by Crippen LogP contribution is -2.50. The van der Waals surface area contributed by atoms with E-state index in [0.29, 0.717) is 11.4 Å². The van der Waals surface area contributed by atoms with Gasteiger partial charge in [0.15, 0.2) is 0 Å². The maximum atomic E-state index is 11.0. The third-order valence-electron chi connectivity index (χ3n) is 3.87. The van der Waals surface area contributed by atoms with Crippen molar-refractivity contribution in [2.75, 3.05) is 31.1 Å². The van der Waals surface area contributed by atoms with Crippen LogP contribution in [0.15, 0.2) is 12.3 Å². The highest BCUT2D eigenvalue weighted by atomic mass is 16.6. The molecule has 1 aromatic rings. The second-order valence-electron chi connectivity index (χ2n) is 5.16. The highest BCUT2D eigenvalue weighted by Crippen LogP contribution is 2.23. The van der Waals surface area contributed by atoms with Gasteiger partial charge in [-0.25, -0.2) is 4.98 Å². The summed E-state index contributed by atoms with van der Waals surface area (Å²) in [5.41, 5.74) is 0.670. The molecule has 1 aromatic heterocycles. The molecule has 7 heteroatoms. The van der Waals surface area contributed by atoms with E-state index in [1.165, 1.54) is 6.07 Å². The van der Waals surface area contributed by atoms with Crippen molar-refractivity contribution in [3.63, 3.8) is 0 Å². The third kappa shape index (κ3) is 3.28. The summed E-state index contributed by atoms with van der Waals surface area (Å²) in [5.74, 6) is 0.636. The molecule has 1 unspecified atom stereocenters. The van der Waals surface area contributed by atoms with Gasteiger partial charge in [-0.3, -0.25) is 15.0 Å². The van der Waals surface area contributed by atoms with Crippen LogP contribution in [0.5, 0.6) is 0 Å². The maximum absolute atomic E-state index is 11.0. The van der Waals surface area contributed by atoms with Crippen LogP contribution in [0.2, 0.25) is 0 Å². The van der Waals surface area contributed by atoms with E-state index in [9.17, 15) is 10.1 Å². The number of aromatic nitrogens is 1. The van der Waals surface area contributed by atoms with Gasteiger partial charge in [-0.2, -0.15) is 5.26 Å². The minimum absolute atomic E-state index is 0.0486. The lowest BCUT2D eigenvalue weighted by atomic mass is 10.2. The summed E-state index contributed by atoms with van der Waals surface area (Å²) in [7, 11) is 0. The van der Waals surface area contributed by atoms with Crippen molar-refractivity contribution in [1.29, 1.82) is 5.26 Å². The Bertz CT molecular complexity index is 561. The number of nitro groups is 1. The van der Waals surface area contributed by atoms with Crippen LogP contribution in [-0.2, 0) is 0 Å². The minimum atomic E-state index is -0.375. The van der Waals surface area contributed by atoms with Gasteiger partial charge in [0.1, 0.15) is 5.82 Å². The summed E-state index contributed by atoms with van der Waals surface area (Å²) in [6, 6.07) is 3.80. The Kier molecular flexibility index (Phi) is 4.70. The van der Waals surface area contributed by atoms with Crippen molar-refractivity contribution in [2.24, 2.45) is 0 Å². The molecule has 0 bridgehead atoms. The number of rotatable bonds is 4. The van der Waals surface area contributed by atoms with Crippen LogP contribution in [0.4, 0.5) is 11.5 Å². The second kappa shape index (κ2) is 6.50. The molecule has 0 radical (unpaired) electrons. The Morgan fingerprint density at radius 3 is 2.67 bits per heavy atom. The van der Waals surface area contributed by atoms with E-state index in [2.05, 4.69) is 16.0 Å². The fourth-order valence-electron chi connectivity index (χ4n) is 2.57. The molecule has 21 heavy (non-hydrogen) atoms. The van der Waals surface area contributed by atoms with Gasteiger partial charge in [0, 0.05) is 37.9 Å². The average Bonchev–Trinajstić information content (AvgIpc) is 2.49. The van der Waals surface area contributed by atoms with Gasteiger partial charge < -0.3 is 4.90 Å². The van der Waals surface area contributed by atoms with Crippen molar-refractivity contribution in [2.45, 2.75) is 26.3 Å². The van der Waals surface area contributed by atoms with Crippen LogP contribution >= 0.6 is 0 Å². The van der Waals surface area contributed by atoms with Gasteiger partial charge in [0.25, 0.3) is 5.69 Å². The van der Waals surface area contributed by atoms with E-state index in [-0.39, 0.29) is 16.7 Å².